The zero-order valence-electron chi connectivity index (χ0n) is 14.2. The monoisotopic (exact) mass is 374 g/mol. The molecule has 0 spiro atoms. The lowest BCUT2D eigenvalue weighted by Crippen LogP contribution is -2.25. The van der Waals surface area contributed by atoms with E-state index in [2.05, 4.69) is 15.3 Å². The largest absolute Gasteiger partial charge is 0.358 e. The summed E-state index contributed by atoms with van der Waals surface area (Å²) in [5, 5.41) is 3.78. The number of nitrogens with zero attached hydrogens (tertiary/aromatic N) is 3. The Kier molecular flexibility index (Phi) is 5.19. The lowest BCUT2D eigenvalue weighted by atomic mass is 10.2. The molecule has 25 heavy (non-hydrogen) atoms. The number of hydrogen-bond donors (Lipinski definition) is 1. The van der Waals surface area contributed by atoms with Crippen molar-refractivity contribution in [3.63, 3.8) is 0 Å². The van der Waals surface area contributed by atoms with Crippen molar-refractivity contribution in [1.82, 2.24) is 19.9 Å². The number of nitrogens with one attached hydrogen (secondary N) is 1. The molecule has 130 valence electrons. The van der Waals surface area contributed by atoms with Crippen LogP contribution in [0.2, 0.25) is 0 Å². The summed E-state index contributed by atoms with van der Waals surface area (Å²) in [5.41, 5.74) is 1.66. The molecule has 0 fully saturated rings. The standard InChI is InChI=1S/C17H18N4O2S2/c1-10-11(2)25-15-14(10)16(23)21(8-12-6-4-5-7-19-12)17(20-15)24-9-13(22)18-3/h4-7H,8-9H2,1-3H3,(H,18,22). The number of pyridine rings is 1. The minimum atomic E-state index is -0.109. The van der Waals surface area contributed by atoms with Gasteiger partial charge in [-0.05, 0) is 31.5 Å². The van der Waals surface area contributed by atoms with Crippen LogP contribution in [0.25, 0.3) is 10.2 Å². The van der Waals surface area contributed by atoms with Crippen LogP contribution >= 0.6 is 23.1 Å². The number of thioether (sulfide) groups is 1. The van der Waals surface area contributed by atoms with Gasteiger partial charge in [0.25, 0.3) is 5.56 Å². The molecule has 0 aliphatic rings. The number of amides is 1. The quantitative estimate of drug-likeness (QED) is 0.548. The van der Waals surface area contributed by atoms with Crippen LogP contribution in [0, 0.1) is 13.8 Å². The first kappa shape index (κ1) is 17.6. The molecule has 1 N–H and O–H groups in total. The highest BCUT2D eigenvalue weighted by Crippen LogP contribution is 2.28. The zero-order chi connectivity index (χ0) is 18.0. The van der Waals surface area contributed by atoms with E-state index in [0.717, 1.165) is 21.0 Å². The van der Waals surface area contributed by atoms with Gasteiger partial charge in [-0.25, -0.2) is 4.98 Å². The molecule has 3 heterocycles. The number of hydrogen-bond acceptors (Lipinski definition) is 6. The Morgan fingerprint density at radius 3 is 2.84 bits per heavy atom. The summed E-state index contributed by atoms with van der Waals surface area (Å²) in [5.74, 6) is 0.0993. The molecule has 0 aliphatic carbocycles. The number of rotatable bonds is 5. The first-order valence-corrected chi connectivity index (χ1v) is 9.55. The third kappa shape index (κ3) is 3.59. The fourth-order valence-corrected chi connectivity index (χ4v) is 4.36. The Morgan fingerprint density at radius 1 is 1.36 bits per heavy atom. The molecule has 3 aromatic heterocycles. The molecule has 0 radical (unpaired) electrons. The van der Waals surface area contributed by atoms with Crippen LogP contribution in [0.3, 0.4) is 0 Å². The Balaban J connectivity index is 2.12. The van der Waals surface area contributed by atoms with Gasteiger partial charge in [0.1, 0.15) is 4.83 Å². The molecule has 0 aliphatic heterocycles. The highest BCUT2D eigenvalue weighted by molar-refractivity contribution is 7.99. The summed E-state index contributed by atoms with van der Waals surface area (Å²) < 4.78 is 1.61. The third-order valence-corrected chi connectivity index (χ3v) is 5.99. The van der Waals surface area contributed by atoms with E-state index in [0.29, 0.717) is 17.1 Å². The number of carbonyl (C=O) groups is 1. The molecule has 6 nitrogen and oxygen atoms in total. The Morgan fingerprint density at radius 2 is 2.16 bits per heavy atom. The second-order valence-electron chi connectivity index (χ2n) is 5.53. The van der Waals surface area contributed by atoms with Crippen molar-refractivity contribution in [2.75, 3.05) is 12.8 Å². The van der Waals surface area contributed by atoms with Crippen molar-refractivity contribution >= 4 is 39.2 Å². The van der Waals surface area contributed by atoms with Gasteiger partial charge in [-0.2, -0.15) is 0 Å². The number of carbonyl (C=O) groups excluding carboxylic acids is 1. The average molecular weight is 374 g/mol. The van der Waals surface area contributed by atoms with E-state index in [4.69, 9.17) is 0 Å². The van der Waals surface area contributed by atoms with Gasteiger partial charge in [0.2, 0.25) is 5.91 Å². The van der Waals surface area contributed by atoms with Gasteiger partial charge in [-0.1, -0.05) is 17.8 Å². The van der Waals surface area contributed by atoms with Gasteiger partial charge in [0.15, 0.2) is 5.16 Å². The molecule has 0 aromatic carbocycles. The van der Waals surface area contributed by atoms with Gasteiger partial charge in [0, 0.05) is 18.1 Å². The number of fused-ring (bicyclic) bond motifs is 1. The molecular weight excluding hydrogens is 356 g/mol. The van der Waals surface area contributed by atoms with E-state index in [1.54, 1.807) is 17.8 Å². The molecule has 0 saturated heterocycles. The maximum absolute atomic E-state index is 13.1. The molecule has 1 amide bonds. The summed E-state index contributed by atoms with van der Waals surface area (Å²) in [6, 6.07) is 5.59. The van der Waals surface area contributed by atoms with Crippen LogP contribution in [0.4, 0.5) is 0 Å². The van der Waals surface area contributed by atoms with Gasteiger partial charge in [0.05, 0.1) is 23.4 Å². The highest BCUT2D eigenvalue weighted by atomic mass is 32.2. The zero-order valence-corrected chi connectivity index (χ0v) is 15.8. The molecule has 8 heteroatoms. The minimum Gasteiger partial charge on any atom is -0.358 e. The van der Waals surface area contributed by atoms with Gasteiger partial charge >= 0.3 is 0 Å². The van der Waals surface area contributed by atoms with E-state index in [1.165, 1.54) is 23.1 Å². The van der Waals surface area contributed by atoms with Crippen LogP contribution in [0.1, 0.15) is 16.1 Å². The Labute approximate surface area is 153 Å². The first-order chi connectivity index (χ1) is 12.0. The van der Waals surface area contributed by atoms with Crippen LogP contribution in [0.5, 0.6) is 0 Å². The van der Waals surface area contributed by atoms with Crippen LogP contribution in [0.15, 0.2) is 34.3 Å². The number of aryl methyl sites for hydroxylation is 2. The fraction of sp³-hybridized carbons (Fsp3) is 0.294. The summed E-state index contributed by atoms with van der Waals surface area (Å²) in [6.45, 7) is 4.26. The highest BCUT2D eigenvalue weighted by Gasteiger charge is 2.18. The molecule has 3 rings (SSSR count). The SMILES string of the molecule is CNC(=O)CSc1nc2sc(C)c(C)c2c(=O)n1Cc1ccccn1. The second kappa shape index (κ2) is 7.37. The van der Waals surface area contributed by atoms with Gasteiger partial charge < -0.3 is 5.32 Å². The average Bonchev–Trinajstić information content (AvgIpc) is 2.90. The molecule has 0 atom stereocenters. The molecule has 3 aromatic rings. The van der Waals surface area contributed by atoms with Crippen molar-refractivity contribution in [2.45, 2.75) is 25.5 Å². The van der Waals surface area contributed by atoms with E-state index in [9.17, 15) is 9.59 Å². The van der Waals surface area contributed by atoms with Crippen LogP contribution in [-0.4, -0.2) is 33.2 Å². The molecular formula is C17H18N4O2S2. The van der Waals surface area contributed by atoms with Crippen molar-refractivity contribution in [1.29, 1.82) is 0 Å². The lowest BCUT2D eigenvalue weighted by molar-refractivity contribution is -0.118. The van der Waals surface area contributed by atoms with Crippen molar-refractivity contribution < 1.29 is 4.79 Å². The number of thiophene rings is 1. The van der Waals surface area contributed by atoms with Gasteiger partial charge in [-0.15, -0.1) is 11.3 Å². The molecule has 0 bridgehead atoms. The van der Waals surface area contributed by atoms with Gasteiger partial charge in [-0.3, -0.25) is 19.1 Å². The van der Waals surface area contributed by atoms with Crippen molar-refractivity contribution in [2.24, 2.45) is 0 Å². The van der Waals surface area contributed by atoms with E-state index < -0.39 is 0 Å². The fourth-order valence-electron chi connectivity index (χ4n) is 2.41. The van der Waals surface area contributed by atoms with Crippen LogP contribution in [-0.2, 0) is 11.3 Å². The van der Waals surface area contributed by atoms with E-state index in [1.807, 2.05) is 32.0 Å². The summed E-state index contributed by atoms with van der Waals surface area (Å²) in [4.78, 5) is 35.5. The van der Waals surface area contributed by atoms with Crippen molar-refractivity contribution in [3.05, 3.63) is 50.9 Å². The van der Waals surface area contributed by atoms with Crippen LogP contribution < -0.4 is 10.9 Å². The summed E-state index contributed by atoms with van der Waals surface area (Å²) in [7, 11) is 1.59. The maximum atomic E-state index is 13.1. The third-order valence-electron chi connectivity index (χ3n) is 3.91. The normalized spacial score (nSPS) is 11.0. The van der Waals surface area contributed by atoms with E-state index in [-0.39, 0.29) is 17.2 Å². The van der Waals surface area contributed by atoms with Crippen molar-refractivity contribution in [3.8, 4) is 0 Å². The predicted molar refractivity (Wildman–Crippen MR) is 101 cm³/mol. The molecule has 0 saturated carbocycles. The first-order valence-electron chi connectivity index (χ1n) is 7.75. The Hall–Kier alpha value is -2.19. The molecule has 0 unspecified atom stereocenters. The van der Waals surface area contributed by atoms with E-state index >= 15 is 0 Å². The maximum Gasteiger partial charge on any atom is 0.263 e. The number of aromatic nitrogens is 3. The lowest BCUT2D eigenvalue weighted by Gasteiger charge is -2.11. The summed E-state index contributed by atoms with van der Waals surface area (Å²) >= 11 is 2.77. The topological polar surface area (TPSA) is 76.9 Å². The summed E-state index contributed by atoms with van der Waals surface area (Å²) in [6.07, 6.45) is 1.70. The Bertz CT molecular complexity index is 980. The predicted octanol–water partition coefficient (Wildman–Crippen LogP) is 2.36. The second-order valence-corrected chi connectivity index (χ2v) is 7.68. The smallest absolute Gasteiger partial charge is 0.263 e. The minimum absolute atomic E-state index is 0.0862.